The van der Waals surface area contributed by atoms with Crippen LogP contribution in [0.5, 0.6) is 0 Å². The molecule has 0 N–H and O–H groups in total. The van der Waals surface area contributed by atoms with Crippen LogP contribution in [-0.4, -0.2) is 6.71 Å². The van der Waals surface area contributed by atoms with E-state index in [0.29, 0.717) is 0 Å². The Bertz CT molecular complexity index is 3060. The van der Waals surface area contributed by atoms with Crippen LogP contribution >= 0.6 is 0 Å². The number of anilines is 6. The third kappa shape index (κ3) is 6.62. The van der Waals surface area contributed by atoms with E-state index in [2.05, 4.69) is 224 Å². The molecule has 6 aromatic carbocycles. The van der Waals surface area contributed by atoms with Crippen molar-refractivity contribution in [2.45, 2.75) is 181 Å². The molecule has 2 nitrogen and oxygen atoms in total. The van der Waals surface area contributed by atoms with Crippen molar-refractivity contribution in [1.82, 2.24) is 0 Å². The summed E-state index contributed by atoms with van der Waals surface area (Å²) in [6, 6.07) is 42.0. The Balaban J connectivity index is 1.28. The lowest BCUT2D eigenvalue weighted by atomic mass is 9.33. The van der Waals surface area contributed by atoms with E-state index in [1.54, 1.807) is 0 Å². The Kier molecular flexibility index (Phi) is 9.33. The van der Waals surface area contributed by atoms with Crippen LogP contribution in [0.25, 0.3) is 11.1 Å². The second-order valence-corrected chi connectivity index (χ2v) is 26.8. The van der Waals surface area contributed by atoms with Crippen molar-refractivity contribution in [3.8, 4) is 11.1 Å². The molecule has 0 aromatic heterocycles. The van der Waals surface area contributed by atoms with E-state index in [0.717, 1.165) is 6.42 Å². The molecular weight excluding hydrogens is 808 g/mol. The molecule has 0 fully saturated rings. The first kappa shape index (κ1) is 44.5. The minimum atomic E-state index is -0.0241. The maximum Gasteiger partial charge on any atom is 0.252 e. The first-order chi connectivity index (χ1) is 31.2. The van der Waals surface area contributed by atoms with E-state index in [-0.39, 0.29) is 44.6 Å². The molecule has 2 heterocycles. The van der Waals surface area contributed by atoms with Crippen molar-refractivity contribution >= 4 is 57.2 Å². The second kappa shape index (κ2) is 14.0. The van der Waals surface area contributed by atoms with Crippen LogP contribution in [0.4, 0.5) is 34.1 Å². The summed E-state index contributed by atoms with van der Waals surface area (Å²) in [5.41, 5.74) is 26.7. The quantitative estimate of drug-likeness (QED) is 0.163. The Hall–Kier alpha value is -5.02. The van der Waals surface area contributed by atoms with Gasteiger partial charge in [-0.25, -0.2) is 0 Å². The summed E-state index contributed by atoms with van der Waals surface area (Å²) in [6.07, 6.45) is 5.88. The minimum Gasteiger partial charge on any atom is -0.311 e. The maximum atomic E-state index is 2.72. The lowest BCUT2D eigenvalue weighted by Gasteiger charge is -2.48. The van der Waals surface area contributed by atoms with Gasteiger partial charge in [-0.3, -0.25) is 0 Å². The van der Waals surface area contributed by atoms with Gasteiger partial charge in [-0.2, -0.15) is 0 Å². The van der Waals surface area contributed by atoms with E-state index in [1.165, 1.54) is 132 Å². The highest BCUT2D eigenvalue weighted by molar-refractivity contribution is 7.00. The maximum absolute atomic E-state index is 2.72. The van der Waals surface area contributed by atoms with Gasteiger partial charge in [0.25, 0.3) is 6.71 Å². The summed E-state index contributed by atoms with van der Waals surface area (Å²) in [7, 11) is 0. The van der Waals surface area contributed by atoms with E-state index in [1.807, 2.05) is 0 Å². The van der Waals surface area contributed by atoms with Gasteiger partial charge in [-0.05, 0) is 192 Å². The largest absolute Gasteiger partial charge is 0.311 e. The van der Waals surface area contributed by atoms with Crippen LogP contribution < -0.4 is 26.2 Å². The molecular formula is C64H75BN2. The average Bonchev–Trinajstić information content (AvgIpc) is 3.44. The highest BCUT2D eigenvalue weighted by atomic mass is 15.2. The summed E-state index contributed by atoms with van der Waals surface area (Å²) in [6.45, 7) is 39.2. The minimum absolute atomic E-state index is 0.0241. The summed E-state index contributed by atoms with van der Waals surface area (Å²) in [5, 5.41) is 0. The van der Waals surface area contributed by atoms with Crippen LogP contribution in [0, 0.1) is 6.92 Å². The summed E-state index contributed by atoms with van der Waals surface area (Å²) < 4.78 is 0. The predicted octanol–water partition coefficient (Wildman–Crippen LogP) is 15.7. The van der Waals surface area contributed by atoms with Crippen molar-refractivity contribution < 1.29 is 0 Å². The van der Waals surface area contributed by atoms with E-state index in [4.69, 9.17) is 0 Å². The number of hydrogen-bond donors (Lipinski definition) is 0. The number of nitrogens with zero attached hydrogens (tertiary/aromatic N) is 2. The molecule has 0 amide bonds. The van der Waals surface area contributed by atoms with Crippen LogP contribution in [-0.2, 0) is 37.9 Å². The molecule has 6 aromatic rings. The van der Waals surface area contributed by atoms with Crippen LogP contribution in [0.15, 0.2) is 103 Å². The lowest BCUT2D eigenvalue weighted by Crippen LogP contribution is -2.62. The van der Waals surface area contributed by atoms with Crippen LogP contribution in [0.1, 0.15) is 180 Å². The summed E-state index contributed by atoms with van der Waals surface area (Å²) >= 11 is 0. The molecule has 0 saturated heterocycles. The molecule has 0 atom stereocenters. The lowest BCUT2D eigenvalue weighted by molar-refractivity contribution is 0.332. The fourth-order valence-corrected chi connectivity index (χ4v) is 14.0. The monoisotopic (exact) mass is 883 g/mol. The smallest absolute Gasteiger partial charge is 0.252 e. The molecule has 344 valence electrons. The average molecular weight is 883 g/mol. The number of fused-ring (bicyclic) bond motifs is 7. The number of aryl methyl sites for hydroxylation is 1. The zero-order valence-electron chi connectivity index (χ0n) is 43.8. The molecule has 67 heavy (non-hydrogen) atoms. The summed E-state index contributed by atoms with van der Waals surface area (Å²) in [4.78, 5) is 5.43. The predicted molar refractivity (Wildman–Crippen MR) is 291 cm³/mol. The zero-order chi connectivity index (χ0) is 47.8. The normalized spacial score (nSPS) is 20.6. The fraction of sp³-hybridized carbons (Fsp3) is 0.438. The molecule has 0 saturated carbocycles. The number of benzene rings is 6. The van der Waals surface area contributed by atoms with Gasteiger partial charge in [-0.1, -0.05) is 158 Å². The fourth-order valence-electron chi connectivity index (χ4n) is 14.0. The highest BCUT2D eigenvalue weighted by Gasteiger charge is 2.49. The van der Waals surface area contributed by atoms with Gasteiger partial charge in [0, 0.05) is 34.0 Å². The Morgan fingerprint density at radius 1 is 0.433 bits per heavy atom. The molecule has 3 heteroatoms. The van der Waals surface area contributed by atoms with Gasteiger partial charge in [0.15, 0.2) is 0 Å². The number of rotatable bonds is 3. The molecule has 2 aliphatic heterocycles. The second-order valence-electron chi connectivity index (χ2n) is 26.8. The van der Waals surface area contributed by atoms with Crippen molar-refractivity contribution in [3.63, 3.8) is 0 Å². The molecule has 0 bridgehead atoms. The first-order valence-electron chi connectivity index (χ1n) is 25.7. The van der Waals surface area contributed by atoms with Crippen molar-refractivity contribution in [2.24, 2.45) is 0 Å². The van der Waals surface area contributed by atoms with Crippen molar-refractivity contribution in [1.29, 1.82) is 0 Å². The first-order valence-corrected chi connectivity index (χ1v) is 25.7. The molecule has 3 aliphatic carbocycles. The van der Waals surface area contributed by atoms with Gasteiger partial charge in [-0.15, -0.1) is 0 Å². The third-order valence-electron chi connectivity index (χ3n) is 17.9. The summed E-state index contributed by atoms with van der Waals surface area (Å²) in [5.74, 6) is 0. The number of hydrogen-bond acceptors (Lipinski definition) is 2. The van der Waals surface area contributed by atoms with Gasteiger partial charge < -0.3 is 9.80 Å². The van der Waals surface area contributed by atoms with Gasteiger partial charge in [0.1, 0.15) is 0 Å². The van der Waals surface area contributed by atoms with E-state index >= 15 is 0 Å². The van der Waals surface area contributed by atoms with Crippen molar-refractivity contribution in [2.75, 3.05) is 9.80 Å². The Labute approximate surface area is 404 Å². The molecule has 0 unspecified atom stereocenters. The highest BCUT2D eigenvalue weighted by Crippen LogP contribution is 2.56. The third-order valence-corrected chi connectivity index (χ3v) is 17.9. The Morgan fingerprint density at radius 3 is 1.55 bits per heavy atom. The van der Waals surface area contributed by atoms with Gasteiger partial charge in [0.05, 0.1) is 5.69 Å². The zero-order valence-corrected chi connectivity index (χ0v) is 43.8. The van der Waals surface area contributed by atoms with Gasteiger partial charge >= 0.3 is 0 Å². The SMILES string of the molecule is Cc1cc2c3c(c1)N(c1cc4c(cc1-c1ccccc1)C(C)(C)CC4(C)C)c1ccc(C(C)(C)C)cc1B3c1cc3c(cc1N2c1ccc2c(c1)C(C)(C)CCC2(C)C)C(C)(C)CCC3(C)C. The topological polar surface area (TPSA) is 6.48 Å². The van der Waals surface area contributed by atoms with Crippen LogP contribution in [0.2, 0.25) is 0 Å². The standard InChI is InChI=1S/C64H75BN2/c1-39-30-55-57-56(31-39)67(53-36-49-46(63(13,14)38-64(49,15)16)34-43(53)40-20-18-17-19-21-40)52-25-22-41(58(2,3)4)32-50(52)65(57)51-35-47-48(62(11,12)29-28-61(47,9)10)37-54(51)66(55)42-23-24-44-45(33-42)60(7,8)27-26-59(44,5)6/h17-25,30-37H,26-29,38H2,1-16H3. The molecule has 5 aliphatic rings. The Morgan fingerprint density at radius 2 is 0.940 bits per heavy atom. The molecule has 0 radical (unpaired) electrons. The van der Waals surface area contributed by atoms with Gasteiger partial charge in [0.2, 0.25) is 0 Å². The molecule has 11 rings (SSSR count). The molecule has 0 spiro atoms. The van der Waals surface area contributed by atoms with Crippen molar-refractivity contribution in [3.05, 3.63) is 148 Å². The van der Waals surface area contributed by atoms with E-state index < -0.39 is 0 Å². The van der Waals surface area contributed by atoms with E-state index in [9.17, 15) is 0 Å². The van der Waals surface area contributed by atoms with Crippen LogP contribution in [0.3, 0.4) is 0 Å².